The van der Waals surface area contributed by atoms with Crippen LogP contribution in [0.3, 0.4) is 0 Å². The molecule has 1 rings (SSSR count). The summed E-state index contributed by atoms with van der Waals surface area (Å²) in [5, 5.41) is 16.7. The number of hydrogen-bond acceptors (Lipinski definition) is 7. The third-order valence-electron chi connectivity index (χ3n) is 2.31. The maximum absolute atomic E-state index is 8.62. The van der Waals surface area contributed by atoms with Gasteiger partial charge in [-0.1, -0.05) is 4.49 Å². The van der Waals surface area contributed by atoms with Crippen molar-refractivity contribution in [3.05, 3.63) is 5.69 Å². The van der Waals surface area contributed by atoms with Gasteiger partial charge in [0.25, 0.3) is 0 Å². The number of nitriles is 1. The molecule has 0 atom stereocenters. The van der Waals surface area contributed by atoms with Crippen molar-refractivity contribution in [2.24, 2.45) is 0 Å². The van der Waals surface area contributed by atoms with E-state index in [2.05, 4.69) is 25.9 Å². The van der Waals surface area contributed by atoms with Crippen LogP contribution in [0.1, 0.15) is 12.1 Å². The molecule has 94 valence electrons. The summed E-state index contributed by atoms with van der Waals surface area (Å²) in [5.41, 5.74) is 0.923. The number of ether oxygens (including phenoxy) is 1. The van der Waals surface area contributed by atoms with Gasteiger partial charge in [0, 0.05) is 51.7 Å². The van der Waals surface area contributed by atoms with Crippen molar-refractivity contribution < 1.29 is 4.74 Å². The molecule has 1 N–H and O–H groups in total. The molecule has 17 heavy (non-hydrogen) atoms. The van der Waals surface area contributed by atoms with Gasteiger partial charge in [-0.15, -0.1) is 5.10 Å². The molecular formula is C10H17N5OS. The lowest BCUT2D eigenvalue weighted by molar-refractivity contribution is 0.144. The molecule has 0 unspecified atom stereocenters. The second-order valence-corrected chi connectivity index (χ2v) is 4.23. The Morgan fingerprint density at radius 3 is 3.00 bits per heavy atom. The van der Waals surface area contributed by atoms with Crippen LogP contribution in [0, 0.1) is 11.3 Å². The van der Waals surface area contributed by atoms with Crippen LogP contribution >= 0.6 is 11.5 Å². The summed E-state index contributed by atoms with van der Waals surface area (Å²) in [7, 11) is 3.53. The van der Waals surface area contributed by atoms with Crippen LogP contribution in [-0.2, 0) is 11.3 Å². The van der Waals surface area contributed by atoms with Crippen molar-refractivity contribution in [2.45, 2.75) is 13.0 Å². The van der Waals surface area contributed by atoms with Crippen molar-refractivity contribution in [2.75, 3.05) is 39.2 Å². The highest BCUT2D eigenvalue weighted by atomic mass is 32.1. The van der Waals surface area contributed by atoms with Crippen molar-refractivity contribution in [3.8, 4) is 6.07 Å². The average Bonchev–Trinajstić information content (AvgIpc) is 2.79. The Morgan fingerprint density at radius 2 is 2.35 bits per heavy atom. The number of hydrogen-bond donors (Lipinski definition) is 1. The molecule has 7 heteroatoms. The van der Waals surface area contributed by atoms with Gasteiger partial charge in [-0.05, 0) is 0 Å². The number of nitrogens with zero attached hydrogens (tertiary/aromatic N) is 4. The van der Waals surface area contributed by atoms with E-state index < -0.39 is 0 Å². The van der Waals surface area contributed by atoms with Crippen molar-refractivity contribution in [1.29, 1.82) is 5.26 Å². The Hall–Kier alpha value is -1.23. The Kier molecular flexibility index (Phi) is 6.47. The van der Waals surface area contributed by atoms with Crippen molar-refractivity contribution in [3.63, 3.8) is 0 Å². The summed E-state index contributed by atoms with van der Waals surface area (Å²) < 4.78 is 8.97. The highest BCUT2D eigenvalue weighted by molar-refractivity contribution is 7.10. The monoisotopic (exact) mass is 255 g/mol. The zero-order valence-corrected chi connectivity index (χ0v) is 11.0. The summed E-state index contributed by atoms with van der Waals surface area (Å²) in [5.74, 6) is 0. The predicted molar refractivity (Wildman–Crippen MR) is 66.8 cm³/mol. The molecule has 0 radical (unpaired) electrons. The first-order valence-electron chi connectivity index (χ1n) is 5.39. The van der Waals surface area contributed by atoms with Crippen molar-refractivity contribution >= 4 is 16.5 Å². The standard InChI is InChI=1S/C10H17N5OS/c1-12-10-9(13-14-17-10)8-15(5-3-4-11)6-7-16-2/h12H,3,5-8H2,1-2H3. The molecule has 1 aromatic rings. The van der Waals surface area contributed by atoms with E-state index in [-0.39, 0.29) is 0 Å². The first-order valence-corrected chi connectivity index (χ1v) is 6.16. The number of nitrogens with one attached hydrogen (secondary N) is 1. The fourth-order valence-corrected chi connectivity index (χ4v) is 1.94. The largest absolute Gasteiger partial charge is 0.383 e. The predicted octanol–water partition coefficient (Wildman–Crippen LogP) is 0.942. The van der Waals surface area contributed by atoms with E-state index in [9.17, 15) is 0 Å². The summed E-state index contributed by atoms with van der Waals surface area (Å²) in [6.07, 6.45) is 0.510. The Labute approximate surface area is 105 Å². The van der Waals surface area contributed by atoms with Gasteiger partial charge >= 0.3 is 0 Å². The van der Waals surface area contributed by atoms with E-state index in [4.69, 9.17) is 10.00 Å². The lowest BCUT2D eigenvalue weighted by atomic mass is 10.3. The lowest BCUT2D eigenvalue weighted by Crippen LogP contribution is -2.28. The minimum Gasteiger partial charge on any atom is -0.383 e. The van der Waals surface area contributed by atoms with E-state index in [1.165, 1.54) is 11.5 Å². The van der Waals surface area contributed by atoms with Crippen LogP contribution in [0.15, 0.2) is 0 Å². The first kappa shape index (κ1) is 13.8. The van der Waals surface area contributed by atoms with Crippen LogP contribution in [0.4, 0.5) is 5.00 Å². The Balaban J connectivity index is 2.55. The summed E-state index contributed by atoms with van der Waals surface area (Å²) >= 11 is 1.34. The molecular weight excluding hydrogens is 238 g/mol. The van der Waals surface area contributed by atoms with Gasteiger partial charge in [-0.25, -0.2) is 0 Å². The quantitative estimate of drug-likeness (QED) is 0.745. The summed E-state index contributed by atoms with van der Waals surface area (Å²) in [6, 6.07) is 2.15. The SMILES string of the molecule is CNc1snnc1CN(CCC#N)CCOC. The van der Waals surface area contributed by atoms with Crippen LogP contribution < -0.4 is 5.32 Å². The number of aromatic nitrogens is 2. The van der Waals surface area contributed by atoms with Crippen LogP contribution in [0.2, 0.25) is 0 Å². The van der Waals surface area contributed by atoms with Gasteiger partial charge in [-0.2, -0.15) is 5.26 Å². The van der Waals surface area contributed by atoms with Gasteiger partial charge in [0.15, 0.2) is 0 Å². The van der Waals surface area contributed by atoms with Gasteiger partial charge < -0.3 is 10.1 Å². The van der Waals surface area contributed by atoms with Gasteiger partial charge in [0.1, 0.15) is 10.7 Å². The number of methoxy groups -OCH3 is 1. The van der Waals surface area contributed by atoms with Gasteiger partial charge in [0.05, 0.1) is 12.7 Å². The minimum atomic E-state index is 0.510. The molecule has 0 spiro atoms. The number of anilines is 1. The molecule has 0 bridgehead atoms. The number of rotatable bonds is 8. The van der Waals surface area contributed by atoms with Crippen LogP contribution in [0.25, 0.3) is 0 Å². The third-order valence-corrected chi connectivity index (χ3v) is 3.09. The normalized spacial score (nSPS) is 10.5. The van der Waals surface area contributed by atoms with E-state index in [1.54, 1.807) is 7.11 Å². The summed E-state index contributed by atoms with van der Waals surface area (Å²) in [4.78, 5) is 2.14. The van der Waals surface area contributed by atoms with Crippen LogP contribution in [0.5, 0.6) is 0 Å². The maximum atomic E-state index is 8.62. The molecule has 0 fully saturated rings. The molecule has 0 aliphatic rings. The Morgan fingerprint density at radius 1 is 1.53 bits per heavy atom. The zero-order valence-electron chi connectivity index (χ0n) is 10.1. The van der Waals surface area contributed by atoms with E-state index in [0.717, 1.165) is 23.8 Å². The fraction of sp³-hybridized carbons (Fsp3) is 0.700. The van der Waals surface area contributed by atoms with Gasteiger partial charge in [0.2, 0.25) is 0 Å². The molecule has 0 aliphatic carbocycles. The summed E-state index contributed by atoms with van der Waals surface area (Å²) in [6.45, 7) is 2.86. The molecule has 0 saturated carbocycles. The lowest BCUT2D eigenvalue weighted by Gasteiger charge is -2.19. The smallest absolute Gasteiger partial charge is 0.134 e. The van der Waals surface area contributed by atoms with Crippen molar-refractivity contribution in [1.82, 2.24) is 14.5 Å². The molecule has 6 nitrogen and oxygen atoms in total. The molecule has 0 saturated heterocycles. The van der Waals surface area contributed by atoms with E-state index >= 15 is 0 Å². The average molecular weight is 255 g/mol. The maximum Gasteiger partial charge on any atom is 0.134 e. The van der Waals surface area contributed by atoms with E-state index in [1.807, 2.05) is 7.05 Å². The van der Waals surface area contributed by atoms with E-state index in [0.29, 0.717) is 19.6 Å². The molecule has 0 amide bonds. The molecule has 0 aromatic carbocycles. The highest BCUT2D eigenvalue weighted by Crippen LogP contribution is 2.18. The minimum absolute atomic E-state index is 0.510. The Bertz CT molecular complexity index is 362. The van der Waals surface area contributed by atoms with Gasteiger partial charge in [-0.3, -0.25) is 4.90 Å². The zero-order chi connectivity index (χ0) is 12.5. The highest BCUT2D eigenvalue weighted by Gasteiger charge is 2.11. The second-order valence-electron chi connectivity index (χ2n) is 3.48. The molecule has 1 heterocycles. The fourth-order valence-electron chi connectivity index (χ4n) is 1.41. The first-order chi connectivity index (χ1) is 8.31. The topological polar surface area (TPSA) is 74.1 Å². The third kappa shape index (κ3) is 4.65. The molecule has 1 aromatic heterocycles. The second kappa shape index (κ2) is 7.95. The molecule has 0 aliphatic heterocycles. The van der Waals surface area contributed by atoms with Crippen LogP contribution in [-0.4, -0.2) is 48.3 Å².